The monoisotopic (exact) mass is 227 g/mol. The Morgan fingerprint density at radius 1 is 1.42 bits per heavy atom. The predicted octanol–water partition coefficient (Wildman–Crippen LogP) is 1.98. The van der Waals surface area contributed by atoms with E-state index >= 15 is 0 Å². The lowest BCUT2D eigenvalue weighted by Crippen LogP contribution is -2.13. The molecule has 0 fully saturated rings. The lowest BCUT2D eigenvalue weighted by atomic mass is 10.6. The number of hydrogen-bond donors (Lipinski definition) is 0. The average molecular weight is 228 g/mol. The summed E-state index contributed by atoms with van der Waals surface area (Å²) in [5.74, 6) is 0. The maximum Gasteiger partial charge on any atom is 0.193 e. The van der Waals surface area contributed by atoms with Gasteiger partial charge >= 0.3 is 0 Å². The maximum absolute atomic E-state index is 11.2. The lowest BCUT2D eigenvalue weighted by molar-refractivity contribution is 0.595. The third-order valence-electron chi connectivity index (χ3n) is 1.14. The molecular weight excluding hydrogens is 221 g/mol. The largest absolute Gasteiger partial charge is 0.222 e. The molecule has 12 heavy (non-hydrogen) atoms. The van der Waals surface area contributed by atoms with E-state index in [-0.39, 0.29) is 0 Å². The molecule has 0 aliphatic rings. The first kappa shape index (κ1) is 11.8. The van der Waals surface area contributed by atoms with Crippen molar-refractivity contribution >= 4 is 33.0 Å². The highest BCUT2D eigenvalue weighted by molar-refractivity contribution is 7.97. The summed E-state index contributed by atoms with van der Waals surface area (Å²) in [6.45, 7) is 2.92. The van der Waals surface area contributed by atoms with Crippen molar-refractivity contribution in [3.8, 4) is 6.07 Å². The molecule has 0 rings (SSSR count). The summed E-state index contributed by atoms with van der Waals surface area (Å²) in [5.41, 5.74) is 0. The summed E-state index contributed by atoms with van der Waals surface area (Å²) < 4.78 is 21.8. The fourth-order valence-corrected chi connectivity index (χ4v) is 1.98. The van der Waals surface area contributed by atoms with Gasteiger partial charge in [-0.3, -0.25) is 0 Å². The van der Waals surface area contributed by atoms with Gasteiger partial charge in [-0.2, -0.15) is 5.26 Å². The lowest BCUT2D eigenvalue weighted by Gasteiger charge is -2.04. The summed E-state index contributed by atoms with van der Waals surface area (Å²) in [7, 11) is -3.60. The van der Waals surface area contributed by atoms with Crippen molar-refractivity contribution in [1.82, 2.24) is 0 Å². The van der Waals surface area contributed by atoms with Gasteiger partial charge in [-0.1, -0.05) is 23.2 Å². The van der Waals surface area contributed by atoms with Crippen LogP contribution in [0.3, 0.4) is 0 Å². The van der Waals surface area contributed by atoms with Crippen LogP contribution < -0.4 is 0 Å². The molecule has 0 heterocycles. The van der Waals surface area contributed by atoms with Crippen LogP contribution in [0.25, 0.3) is 0 Å². The maximum atomic E-state index is 11.2. The summed E-state index contributed by atoms with van der Waals surface area (Å²) in [4.78, 5) is 0. The molecule has 0 unspecified atom stereocenters. The van der Waals surface area contributed by atoms with Crippen molar-refractivity contribution < 1.29 is 8.42 Å². The van der Waals surface area contributed by atoms with Gasteiger partial charge in [-0.25, -0.2) is 8.42 Å². The molecule has 0 amide bonds. The van der Waals surface area contributed by atoms with Gasteiger partial charge in [0, 0.05) is 0 Å². The van der Waals surface area contributed by atoms with E-state index in [1.54, 1.807) is 0 Å². The van der Waals surface area contributed by atoms with Gasteiger partial charge in [0.1, 0.15) is 11.1 Å². The van der Waals surface area contributed by atoms with E-state index in [1.165, 1.54) is 19.9 Å². The number of nitriles is 1. The summed E-state index contributed by atoms with van der Waals surface area (Å²) in [6, 6.07) is 1.46. The van der Waals surface area contributed by atoms with Crippen molar-refractivity contribution in [1.29, 1.82) is 5.26 Å². The molecule has 0 saturated heterocycles. The fourth-order valence-electron chi connectivity index (χ4n) is 0.376. The van der Waals surface area contributed by atoms with E-state index in [0.717, 1.165) is 0 Å². The molecule has 0 aliphatic heterocycles. The molecule has 6 heteroatoms. The molecular formula is C6H7Cl2NO2S. The van der Waals surface area contributed by atoms with Crippen molar-refractivity contribution in [3.63, 3.8) is 0 Å². The van der Waals surface area contributed by atoms with E-state index in [9.17, 15) is 8.42 Å². The first-order valence-electron chi connectivity index (χ1n) is 3.03. The Labute approximate surface area is 81.5 Å². The predicted molar refractivity (Wildman–Crippen MR) is 48.4 cm³/mol. The zero-order valence-corrected chi connectivity index (χ0v) is 8.83. The number of nitrogens with zero attached hydrogens (tertiary/aromatic N) is 1. The van der Waals surface area contributed by atoms with Crippen LogP contribution in [0.1, 0.15) is 13.8 Å². The van der Waals surface area contributed by atoms with E-state index in [1.807, 2.05) is 0 Å². The van der Waals surface area contributed by atoms with E-state index < -0.39 is 24.5 Å². The molecule has 0 atom stereocenters. The number of sulfone groups is 1. The Morgan fingerprint density at radius 3 is 2.08 bits per heavy atom. The SMILES string of the molecule is CC(C)S(=O)(=O)C(Cl)=C(Cl)C#N. The highest BCUT2D eigenvalue weighted by atomic mass is 35.5. The summed E-state index contributed by atoms with van der Waals surface area (Å²) >= 11 is 10.6. The van der Waals surface area contributed by atoms with E-state index in [2.05, 4.69) is 0 Å². The van der Waals surface area contributed by atoms with Crippen LogP contribution in [0, 0.1) is 11.3 Å². The Morgan fingerprint density at radius 2 is 1.83 bits per heavy atom. The smallest absolute Gasteiger partial charge is 0.193 e. The molecule has 0 bridgehead atoms. The molecule has 0 aromatic rings. The highest BCUT2D eigenvalue weighted by Crippen LogP contribution is 2.23. The van der Waals surface area contributed by atoms with Crippen LogP contribution in [-0.4, -0.2) is 13.7 Å². The van der Waals surface area contributed by atoms with Crippen LogP contribution in [0.15, 0.2) is 9.40 Å². The number of allylic oxidation sites excluding steroid dienone is 1. The summed E-state index contributed by atoms with van der Waals surface area (Å²) in [5, 5.41) is 7.09. The molecule has 68 valence electrons. The quantitative estimate of drug-likeness (QED) is 0.679. The van der Waals surface area contributed by atoms with Crippen LogP contribution in [0.2, 0.25) is 0 Å². The fraction of sp³-hybridized carbons (Fsp3) is 0.500. The molecule has 0 saturated carbocycles. The second-order valence-corrected chi connectivity index (χ2v) is 5.71. The van der Waals surface area contributed by atoms with Crippen molar-refractivity contribution in [3.05, 3.63) is 9.40 Å². The van der Waals surface area contributed by atoms with Gasteiger partial charge in [0.25, 0.3) is 0 Å². The van der Waals surface area contributed by atoms with Crippen molar-refractivity contribution in [2.75, 3.05) is 0 Å². The third-order valence-corrected chi connectivity index (χ3v) is 4.40. The Balaban J connectivity index is 5.27. The zero-order valence-electron chi connectivity index (χ0n) is 6.51. The molecule has 0 aromatic heterocycles. The van der Waals surface area contributed by atoms with Crippen LogP contribution in [0.4, 0.5) is 0 Å². The molecule has 0 N–H and O–H groups in total. The van der Waals surface area contributed by atoms with E-state index in [0.29, 0.717) is 0 Å². The van der Waals surface area contributed by atoms with Gasteiger partial charge in [0.15, 0.2) is 14.2 Å². The Kier molecular flexibility index (Phi) is 4.04. The second kappa shape index (κ2) is 4.13. The minimum absolute atomic E-state index is 0.495. The normalized spacial score (nSPS) is 14.0. The minimum atomic E-state index is -3.60. The minimum Gasteiger partial charge on any atom is -0.222 e. The number of halogens is 2. The van der Waals surface area contributed by atoms with Gasteiger partial charge in [0.05, 0.1) is 5.25 Å². The average Bonchev–Trinajstić information content (AvgIpc) is 2.01. The first-order valence-corrected chi connectivity index (χ1v) is 5.33. The van der Waals surface area contributed by atoms with Crippen LogP contribution in [0.5, 0.6) is 0 Å². The zero-order chi connectivity index (χ0) is 9.94. The standard InChI is InChI=1S/C6H7Cl2NO2S/c1-4(2)12(10,11)6(8)5(7)3-9/h4H,1-2H3. The molecule has 0 aromatic carbocycles. The van der Waals surface area contributed by atoms with Crippen LogP contribution in [-0.2, 0) is 9.84 Å². The molecule has 0 aliphatic carbocycles. The topological polar surface area (TPSA) is 57.9 Å². The molecule has 0 spiro atoms. The van der Waals surface area contributed by atoms with Gasteiger partial charge < -0.3 is 0 Å². The van der Waals surface area contributed by atoms with Gasteiger partial charge in [-0.05, 0) is 13.8 Å². The van der Waals surface area contributed by atoms with Crippen molar-refractivity contribution in [2.45, 2.75) is 19.1 Å². The molecule has 0 radical (unpaired) electrons. The molecule has 3 nitrogen and oxygen atoms in total. The van der Waals surface area contributed by atoms with Gasteiger partial charge in [0.2, 0.25) is 0 Å². The van der Waals surface area contributed by atoms with Gasteiger partial charge in [-0.15, -0.1) is 0 Å². The Bertz CT molecular complexity index is 337. The first-order chi connectivity index (χ1) is 5.34. The number of hydrogen-bond acceptors (Lipinski definition) is 3. The summed E-state index contributed by atoms with van der Waals surface area (Å²) in [6.07, 6.45) is 0. The second-order valence-electron chi connectivity index (χ2n) is 2.29. The van der Waals surface area contributed by atoms with Crippen molar-refractivity contribution in [2.24, 2.45) is 0 Å². The number of rotatable bonds is 2. The van der Waals surface area contributed by atoms with E-state index in [4.69, 9.17) is 28.5 Å². The van der Waals surface area contributed by atoms with Crippen LogP contribution >= 0.6 is 23.2 Å². The third kappa shape index (κ3) is 2.37. The highest BCUT2D eigenvalue weighted by Gasteiger charge is 2.23. The Hall–Kier alpha value is -0.240.